The van der Waals surface area contributed by atoms with Gasteiger partial charge in [-0.15, -0.1) is 11.6 Å². The summed E-state index contributed by atoms with van der Waals surface area (Å²) in [6.07, 6.45) is 9.61. The summed E-state index contributed by atoms with van der Waals surface area (Å²) in [7, 11) is 0. The van der Waals surface area contributed by atoms with Crippen LogP contribution in [0.15, 0.2) is 34.9 Å². The molecule has 0 heterocycles. The Balaban J connectivity index is 1.54. The number of alkyl halides is 1. The van der Waals surface area contributed by atoms with Crippen LogP contribution < -0.4 is 0 Å². The van der Waals surface area contributed by atoms with Crippen LogP contribution >= 0.6 is 11.6 Å². The number of carbonyl (C=O) groups is 3. The van der Waals surface area contributed by atoms with Crippen LogP contribution in [-0.4, -0.2) is 41.2 Å². The van der Waals surface area contributed by atoms with E-state index in [9.17, 15) is 19.5 Å². The van der Waals surface area contributed by atoms with Crippen LogP contribution in [0.25, 0.3) is 0 Å². The zero-order valence-corrected chi connectivity index (χ0v) is 18.3. The molecule has 6 heteroatoms. The molecule has 30 heavy (non-hydrogen) atoms. The Bertz CT molecular complexity index is 884. The number of carbonyl (C=O) groups excluding carboxylic acids is 3. The van der Waals surface area contributed by atoms with Gasteiger partial charge in [-0.1, -0.05) is 29.7 Å². The van der Waals surface area contributed by atoms with Gasteiger partial charge >= 0.3 is 5.97 Å². The highest BCUT2D eigenvalue weighted by molar-refractivity contribution is 6.19. The summed E-state index contributed by atoms with van der Waals surface area (Å²) in [4.78, 5) is 36.5. The first-order valence-corrected chi connectivity index (χ1v) is 11.3. The predicted molar refractivity (Wildman–Crippen MR) is 113 cm³/mol. The second kappa shape index (κ2) is 7.76. The van der Waals surface area contributed by atoms with Crippen molar-refractivity contribution < 1.29 is 24.2 Å². The smallest absolute Gasteiger partial charge is 0.336 e. The van der Waals surface area contributed by atoms with Gasteiger partial charge in [-0.05, 0) is 68.9 Å². The summed E-state index contributed by atoms with van der Waals surface area (Å²) < 4.78 is 5.01. The van der Waals surface area contributed by atoms with Crippen LogP contribution in [0.2, 0.25) is 0 Å². The summed E-state index contributed by atoms with van der Waals surface area (Å²) in [5.74, 6) is -0.876. The average Bonchev–Trinajstić information content (AvgIpc) is 3.09. The fourth-order valence-electron chi connectivity index (χ4n) is 6.39. The van der Waals surface area contributed by atoms with Gasteiger partial charge in [-0.3, -0.25) is 9.59 Å². The lowest BCUT2D eigenvalue weighted by atomic mass is 9.54. The number of hydrogen-bond acceptors (Lipinski definition) is 5. The van der Waals surface area contributed by atoms with Crippen LogP contribution in [0.3, 0.4) is 0 Å². The number of halogens is 1. The maximum Gasteiger partial charge on any atom is 0.336 e. The molecule has 162 valence electrons. The molecule has 5 atom stereocenters. The summed E-state index contributed by atoms with van der Waals surface area (Å²) in [5.41, 5.74) is 3.83. The number of hydrogen-bond donors (Lipinski definition) is 1. The molecular weight excluding hydrogens is 404 g/mol. The first-order valence-electron chi connectivity index (χ1n) is 10.8. The molecule has 0 aromatic rings. The number of fused-ring (bicyclic) bond motifs is 4. The zero-order chi connectivity index (χ0) is 21.7. The van der Waals surface area contributed by atoms with E-state index < -0.39 is 12.1 Å². The number of aliphatic hydroxyl groups is 1. The number of esters is 1. The normalized spacial score (nSPS) is 35.9. The van der Waals surface area contributed by atoms with Gasteiger partial charge in [0, 0.05) is 11.3 Å². The maximum atomic E-state index is 12.9. The number of ether oxygens (including phenoxy) is 1. The minimum Gasteiger partial charge on any atom is -0.456 e. The molecule has 0 amide bonds. The molecule has 0 aliphatic heterocycles. The Labute approximate surface area is 182 Å². The molecule has 4 aliphatic rings. The van der Waals surface area contributed by atoms with Crippen LogP contribution in [0.1, 0.15) is 52.4 Å². The quantitative estimate of drug-likeness (QED) is 0.407. The van der Waals surface area contributed by atoms with Crippen molar-refractivity contribution in [1.29, 1.82) is 0 Å². The van der Waals surface area contributed by atoms with Crippen LogP contribution in [0.5, 0.6) is 0 Å². The topological polar surface area (TPSA) is 80.7 Å². The molecule has 0 aromatic heterocycles. The molecule has 0 aromatic carbocycles. The fraction of sp³-hybridized carbons (Fsp3) is 0.625. The van der Waals surface area contributed by atoms with E-state index in [4.69, 9.17) is 16.3 Å². The molecular formula is C24H29ClO5. The average molecular weight is 433 g/mol. The van der Waals surface area contributed by atoms with Gasteiger partial charge in [0.1, 0.15) is 6.61 Å². The molecule has 4 rings (SSSR count). The summed E-state index contributed by atoms with van der Waals surface area (Å²) in [6, 6.07) is 0. The second-order valence-corrected chi connectivity index (χ2v) is 9.85. The van der Waals surface area contributed by atoms with Crippen molar-refractivity contribution in [3.05, 3.63) is 34.9 Å². The van der Waals surface area contributed by atoms with E-state index in [1.165, 1.54) is 16.7 Å². The largest absolute Gasteiger partial charge is 0.456 e. The van der Waals surface area contributed by atoms with Crippen molar-refractivity contribution in [1.82, 2.24) is 0 Å². The van der Waals surface area contributed by atoms with Crippen LogP contribution in [-0.2, 0) is 19.1 Å². The molecule has 5 nitrogen and oxygen atoms in total. The summed E-state index contributed by atoms with van der Waals surface area (Å²) in [5, 5.41) is 9.45. The Morgan fingerprint density at radius 2 is 2.03 bits per heavy atom. The Morgan fingerprint density at radius 1 is 1.27 bits per heavy atom. The minimum absolute atomic E-state index is 0.0649. The highest BCUT2D eigenvalue weighted by atomic mass is 35.5. The van der Waals surface area contributed by atoms with Crippen molar-refractivity contribution in [2.24, 2.45) is 22.7 Å². The number of rotatable bonds is 5. The fourth-order valence-corrected chi connectivity index (χ4v) is 6.52. The van der Waals surface area contributed by atoms with E-state index in [0.717, 1.165) is 38.5 Å². The molecule has 4 aliphatic carbocycles. The van der Waals surface area contributed by atoms with Crippen molar-refractivity contribution in [3.8, 4) is 0 Å². The van der Waals surface area contributed by atoms with E-state index in [1.807, 2.05) is 6.08 Å². The summed E-state index contributed by atoms with van der Waals surface area (Å²) in [6.45, 7) is 4.12. The molecule has 0 spiro atoms. The summed E-state index contributed by atoms with van der Waals surface area (Å²) >= 11 is 5.47. The van der Waals surface area contributed by atoms with E-state index in [1.54, 1.807) is 6.08 Å². The number of allylic oxidation sites excluding steroid dienone is 6. The number of aliphatic hydroxyl groups excluding tert-OH is 1. The Morgan fingerprint density at radius 3 is 2.77 bits per heavy atom. The standard InChI is InChI=1S/C24H29ClO5/c1-23-9-7-15(26)11-14(23)3-4-16-17-5-6-19(24(17,2)10-8-18(16)23)21(28)13-30-22(29)20(27)12-25/h7,9,11,17,19-20,27H,3-6,8,10,12-13H2,1-2H3/t17-,19+,20?,23-,24-/m0/s1. The maximum absolute atomic E-state index is 12.9. The van der Waals surface area contributed by atoms with Crippen molar-refractivity contribution in [2.75, 3.05) is 12.5 Å². The van der Waals surface area contributed by atoms with Crippen LogP contribution in [0.4, 0.5) is 0 Å². The van der Waals surface area contributed by atoms with E-state index in [0.29, 0.717) is 5.92 Å². The monoisotopic (exact) mass is 432 g/mol. The third-order valence-electron chi connectivity index (χ3n) is 8.08. The van der Waals surface area contributed by atoms with Crippen molar-refractivity contribution in [2.45, 2.75) is 58.5 Å². The lowest BCUT2D eigenvalue weighted by molar-refractivity contribution is -0.156. The molecule has 1 unspecified atom stereocenters. The van der Waals surface area contributed by atoms with Gasteiger partial charge in [0.25, 0.3) is 0 Å². The number of Topliss-reactive ketones (excluding diaryl/α,β-unsaturated/α-hetero) is 1. The van der Waals surface area contributed by atoms with E-state index in [2.05, 4.69) is 19.9 Å². The molecule has 0 saturated heterocycles. The van der Waals surface area contributed by atoms with E-state index in [-0.39, 0.29) is 40.8 Å². The van der Waals surface area contributed by atoms with Gasteiger partial charge in [0.15, 0.2) is 17.7 Å². The molecule has 1 N–H and O–H groups in total. The molecule has 0 radical (unpaired) electrons. The third-order valence-corrected chi connectivity index (χ3v) is 8.37. The van der Waals surface area contributed by atoms with Crippen molar-refractivity contribution >= 4 is 29.1 Å². The lowest BCUT2D eigenvalue weighted by Gasteiger charge is -2.49. The number of ketones is 2. The molecule has 1 saturated carbocycles. The first kappa shape index (κ1) is 21.5. The minimum atomic E-state index is -1.39. The lowest BCUT2D eigenvalue weighted by Crippen LogP contribution is -2.42. The van der Waals surface area contributed by atoms with Crippen LogP contribution in [0, 0.1) is 22.7 Å². The third kappa shape index (κ3) is 3.31. The zero-order valence-electron chi connectivity index (χ0n) is 17.6. The van der Waals surface area contributed by atoms with Gasteiger partial charge in [0.05, 0.1) is 5.88 Å². The van der Waals surface area contributed by atoms with Gasteiger partial charge in [-0.25, -0.2) is 4.79 Å². The molecule has 0 bridgehead atoms. The highest BCUT2D eigenvalue weighted by Gasteiger charge is 2.55. The van der Waals surface area contributed by atoms with Gasteiger partial charge < -0.3 is 9.84 Å². The highest BCUT2D eigenvalue weighted by Crippen LogP contribution is 2.63. The Hall–Kier alpha value is -1.72. The Kier molecular flexibility index (Phi) is 5.56. The predicted octanol–water partition coefficient (Wildman–Crippen LogP) is 3.69. The molecule has 1 fully saturated rings. The van der Waals surface area contributed by atoms with Gasteiger partial charge in [-0.2, -0.15) is 0 Å². The first-order chi connectivity index (χ1) is 14.2. The van der Waals surface area contributed by atoms with Gasteiger partial charge in [0.2, 0.25) is 0 Å². The van der Waals surface area contributed by atoms with Crippen molar-refractivity contribution in [3.63, 3.8) is 0 Å². The van der Waals surface area contributed by atoms with E-state index >= 15 is 0 Å². The second-order valence-electron chi connectivity index (χ2n) is 9.54. The SMILES string of the molecule is C[C@]12C=CC(=O)C=C1CCC1=C2CC[C@]2(C)[C@@H](C(=O)COC(=O)C(O)CCl)CC[C@@H]12.